The van der Waals surface area contributed by atoms with Crippen LogP contribution in [0.25, 0.3) is 0 Å². The molecular formula is C10H17NO2. The third kappa shape index (κ3) is 3.27. The fraction of sp³-hybridized carbons (Fsp3) is 0.800. The molecule has 0 aliphatic carbocycles. The Bertz CT molecular complexity index is 211. The number of methoxy groups -OCH3 is 1. The van der Waals surface area contributed by atoms with E-state index in [2.05, 4.69) is 4.99 Å². The average Bonchev–Trinajstić information content (AvgIpc) is 2.14. The number of hydrogen-bond acceptors (Lipinski definition) is 3. The highest BCUT2D eigenvalue weighted by Crippen LogP contribution is 2.15. The van der Waals surface area contributed by atoms with Crippen molar-refractivity contribution in [3.05, 3.63) is 0 Å². The molecule has 1 rings (SSSR count). The van der Waals surface area contributed by atoms with Gasteiger partial charge in [0.05, 0.1) is 6.61 Å². The van der Waals surface area contributed by atoms with E-state index in [-0.39, 0.29) is 11.8 Å². The standard InChI is InChI=1S/C10H17NO2/c1-8-4-3-5-9(11-8)10(12)6-7-13-2/h9H,3-7H2,1-2H3/t9-/m0/s1. The smallest absolute Gasteiger partial charge is 0.159 e. The lowest BCUT2D eigenvalue weighted by Gasteiger charge is -2.17. The summed E-state index contributed by atoms with van der Waals surface area (Å²) < 4.78 is 4.86. The third-order valence-corrected chi connectivity index (χ3v) is 2.32. The van der Waals surface area contributed by atoms with Crippen LogP contribution in [0.2, 0.25) is 0 Å². The van der Waals surface area contributed by atoms with Gasteiger partial charge in [-0.3, -0.25) is 9.79 Å². The molecule has 13 heavy (non-hydrogen) atoms. The quantitative estimate of drug-likeness (QED) is 0.664. The summed E-state index contributed by atoms with van der Waals surface area (Å²) in [6, 6.07) is -0.0797. The molecule has 3 nitrogen and oxygen atoms in total. The van der Waals surface area contributed by atoms with Crippen molar-refractivity contribution in [3.8, 4) is 0 Å². The normalized spacial score (nSPS) is 22.6. The lowest BCUT2D eigenvalue weighted by atomic mass is 9.99. The minimum atomic E-state index is -0.0797. The molecular weight excluding hydrogens is 166 g/mol. The number of rotatable bonds is 4. The summed E-state index contributed by atoms with van der Waals surface area (Å²) in [6.07, 6.45) is 3.56. The summed E-state index contributed by atoms with van der Waals surface area (Å²) >= 11 is 0. The molecule has 1 aliphatic heterocycles. The van der Waals surface area contributed by atoms with Crippen molar-refractivity contribution in [1.29, 1.82) is 0 Å². The monoisotopic (exact) mass is 183 g/mol. The first-order valence-corrected chi connectivity index (χ1v) is 4.79. The second kappa shape index (κ2) is 5.12. The van der Waals surface area contributed by atoms with E-state index in [9.17, 15) is 4.79 Å². The molecule has 0 radical (unpaired) electrons. The first-order chi connectivity index (χ1) is 6.24. The SMILES string of the molecule is COCCC(=O)[C@@H]1CCCC(C)=N1. The lowest BCUT2D eigenvalue weighted by Crippen LogP contribution is -2.24. The van der Waals surface area contributed by atoms with Gasteiger partial charge in [0.15, 0.2) is 5.78 Å². The molecule has 0 saturated carbocycles. The van der Waals surface area contributed by atoms with Crippen molar-refractivity contribution in [2.45, 2.75) is 38.6 Å². The van der Waals surface area contributed by atoms with Crippen LogP contribution >= 0.6 is 0 Å². The number of nitrogens with zero attached hydrogens (tertiary/aromatic N) is 1. The number of hydrogen-bond donors (Lipinski definition) is 0. The molecule has 3 heteroatoms. The predicted octanol–water partition coefficient (Wildman–Crippen LogP) is 1.61. The summed E-state index contributed by atoms with van der Waals surface area (Å²) in [5.41, 5.74) is 1.11. The van der Waals surface area contributed by atoms with Gasteiger partial charge in [-0.05, 0) is 26.2 Å². The third-order valence-electron chi connectivity index (χ3n) is 2.32. The van der Waals surface area contributed by atoms with Gasteiger partial charge >= 0.3 is 0 Å². The van der Waals surface area contributed by atoms with E-state index in [0.717, 1.165) is 25.0 Å². The zero-order valence-corrected chi connectivity index (χ0v) is 8.38. The molecule has 0 fully saturated rings. The Kier molecular flexibility index (Phi) is 4.09. The molecule has 1 heterocycles. The zero-order valence-electron chi connectivity index (χ0n) is 8.38. The van der Waals surface area contributed by atoms with Crippen molar-refractivity contribution in [1.82, 2.24) is 0 Å². The largest absolute Gasteiger partial charge is 0.384 e. The zero-order chi connectivity index (χ0) is 9.68. The van der Waals surface area contributed by atoms with E-state index in [1.54, 1.807) is 7.11 Å². The molecule has 0 unspecified atom stereocenters. The molecule has 74 valence electrons. The second-order valence-electron chi connectivity index (χ2n) is 3.48. The van der Waals surface area contributed by atoms with Gasteiger partial charge < -0.3 is 4.74 Å². The molecule has 0 bridgehead atoms. The average molecular weight is 183 g/mol. The summed E-state index contributed by atoms with van der Waals surface area (Å²) in [7, 11) is 1.61. The highest BCUT2D eigenvalue weighted by molar-refractivity contribution is 5.90. The Morgan fingerprint density at radius 2 is 2.46 bits per heavy atom. The van der Waals surface area contributed by atoms with Crippen molar-refractivity contribution >= 4 is 11.5 Å². The van der Waals surface area contributed by atoms with Gasteiger partial charge in [-0.1, -0.05) is 0 Å². The summed E-state index contributed by atoms with van der Waals surface area (Å²) in [6.45, 7) is 2.51. The van der Waals surface area contributed by atoms with E-state index < -0.39 is 0 Å². The van der Waals surface area contributed by atoms with Gasteiger partial charge in [0.1, 0.15) is 6.04 Å². The Morgan fingerprint density at radius 1 is 1.69 bits per heavy atom. The van der Waals surface area contributed by atoms with Gasteiger partial charge in [-0.25, -0.2) is 0 Å². The Hall–Kier alpha value is -0.700. The second-order valence-corrected chi connectivity index (χ2v) is 3.48. The van der Waals surface area contributed by atoms with Crippen LogP contribution in [0.5, 0.6) is 0 Å². The van der Waals surface area contributed by atoms with Gasteiger partial charge in [-0.15, -0.1) is 0 Å². The van der Waals surface area contributed by atoms with E-state index in [1.807, 2.05) is 6.92 Å². The molecule has 0 saturated heterocycles. The van der Waals surface area contributed by atoms with Gasteiger partial charge in [0.25, 0.3) is 0 Å². The maximum absolute atomic E-state index is 11.5. The number of aliphatic imine (C=N–C) groups is 1. The molecule has 0 amide bonds. The molecule has 0 aromatic carbocycles. The van der Waals surface area contributed by atoms with Crippen molar-refractivity contribution in [2.75, 3.05) is 13.7 Å². The first-order valence-electron chi connectivity index (χ1n) is 4.79. The van der Waals surface area contributed by atoms with Gasteiger partial charge in [-0.2, -0.15) is 0 Å². The van der Waals surface area contributed by atoms with Crippen molar-refractivity contribution in [3.63, 3.8) is 0 Å². The van der Waals surface area contributed by atoms with Crippen molar-refractivity contribution in [2.24, 2.45) is 4.99 Å². The van der Waals surface area contributed by atoms with Crippen LogP contribution in [0.3, 0.4) is 0 Å². The number of ketones is 1. The number of Topliss-reactive ketones (excluding diaryl/α,β-unsaturated/α-hetero) is 1. The topological polar surface area (TPSA) is 38.7 Å². The summed E-state index contributed by atoms with van der Waals surface area (Å²) in [5, 5.41) is 0. The first kappa shape index (κ1) is 10.4. The Balaban J connectivity index is 2.42. The van der Waals surface area contributed by atoms with Gasteiger partial charge in [0, 0.05) is 19.2 Å². The number of carbonyl (C=O) groups is 1. The highest BCUT2D eigenvalue weighted by atomic mass is 16.5. The molecule has 0 spiro atoms. The molecule has 0 aromatic rings. The van der Waals surface area contributed by atoms with Crippen molar-refractivity contribution < 1.29 is 9.53 Å². The summed E-state index contributed by atoms with van der Waals surface area (Å²) in [4.78, 5) is 15.9. The minimum Gasteiger partial charge on any atom is -0.384 e. The molecule has 0 aromatic heterocycles. The van der Waals surface area contributed by atoms with Gasteiger partial charge in [0.2, 0.25) is 0 Å². The Labute approximate surface area is 79.2 Å². The van der Waals surface area contributed by atoms with Crippen LogP contribution in [-0.4, -0.2) is 31.3 Å². The highest BCUT2D eigenvalue weighted by Gasteiger charge is 2.19. The van der Waals surface area contributed by atoms with E-state index in [0.29, 0.717) is 13.0 Å². The predicted molar refractivity (Wildman–Crippen MR) is 52.2 cm³/mol. The maximum atomic E-state index is 11.5. The molecule has 1 atom stereocenters. The van der Waals surface area contributed by atoms with Crippen LogP contribution in [0, 0.1) is 0 Å². The van der Waals surface area contributed by atoms with Crippen LogP contribution in [0.4, 0.5) is 0 Å². The summed E-state index contributed by atoms with van der Waals surface area (Å²) in [5.74, 6) is 0.223. The fourth-order valence-electron chi connectivity index (χ4n) is 1.55. The number of ether oxygens (including phenoxy) is 1. The molecule has 0 N–H and O–H groups in total. The maximum Gasteiger partial charge on any atom is 0.159 e. The number of carbonyl (C=O) groups excluding carboxylic acids is 1. The van der Waals surface area contributed by atoms with Crippen LogP contribution in [-0.2, 0) is 9.53 Å². The van der Waals surface area contributed by atoms with E-state index in [4.69, 9.17) is 4.74 Å². The van der Waals surface area contributed by atoms with Crippen LogP contribution < -0.4 is 0 Å². The fourth-order valence-corrected chi connectivity index (χ4v) is 1.55. The van der Waals surface area contributed by atoms with Crippen LogP contribution in [0.1, 0.15) is 32.6 Å². The Morgan fingerprint density at radius 3 is 3.08 bits per heavy atom. The van der Waals surface area contributed by atoms with E-state index in [1.165, 1.54) is 0 Å². The van der Waals surface area contributed by atoms with Crippen LogP contribution in [0.15, 0.2) is 4.99 Å². The van der Waals surface area contributed by atoms with E-state index >= 15 is 0 Å². The minimum absolute atomic E-state index is 0.0797. The lowest BCUT2D eigenvalue weighted by molar-refractivity contribution is -0.121. The molecule has 1 aliphatic rings.